The molecule has 0 heterocycles. The van der Waals surface area contributed by atoms with Gasteiger partial charge in [0.05, 0.1) is 0 Å². The van der Waals surface area contributed by atoms with E-state index in [0.29, 0.717) is 6.42 Å². The minimum Gasteiger partial charge on any atom is -0.480 e. The first-order valence-electron chi connectivity index (χ1n) is 7.27. The van der Waals surface area contributed by atoms with E-state index in [0.717, 1.165) is 44.9 Å². The minimum absolute atomic E-state index is 0.0191. The van der Waals surface area contributed by atoms with Crippen molar-refractivity contribution in [2.24, 2.45) is 5.92 Å². The molecule has 1 amide bonds. The molecule has 19 heavy (non-hydrogen) atoms. The van der Waals surface area contributed by atoms with Gasteiger partial charge in [0.15, 0.2) is 0 Å². The van der Waals surface area contributed by atoms with Crippen molar-refractivity contribution in [3.05, 3.63) is 0 Å². The number of amides is 1. The van der Waals surface area contributed by atoms with Crippen molar-refractivity contribution in [3.63, 3.8) is 0 Å². The lowest BCUT2D eigenvalue weighted by molar-refractivity contribution is -0.144. The highest BCUT2D eigenvalue weighted by molar-refractivity contribution is 5.86. The number of unbranched alkanes of at least 4 members (excludes halogenated alkanes) is 1. The van der Waals surface area contributed by atoms with E-state index >= 15 is 0 Å². The van der Waals surface area contributed by atoms with E-state index in [1.54, 1.807) is 0 Å². The third kappa shape index (κ3) is 5.19. The Labute approximate surface area is 114 Å². The van der Waals surface area contributed by atoms with Gasteiger partial charge in [0.1, 0.15) is 12.1 Å². The second kappa shape index (κ2) is 8.15. The van der Waals surface area contributed by atoms with E-state index in [-0.39, 0.29) is 5.92 Å². The van der Waals surface area contributed by atoms with Crippen LogP contribution in [0.4, 0.5) is 0 Å². The number of hydrogen-bond donors (Lipinski definition) is 3. The van der Waals surface area contributed by atoms with Crippen LogP contribution in [-0.2, 0) is 9.59 Å². The quantitative estimate of drug-likeness (QED) is 0.657. The van der Waals surface area contributed by atoms with Crippen LogP contribution in [-0.4, -0.2) is 34.2 Å². The molecular weight excluding hydrogens is 246 g/mol. The summed E-state index contributed by atoms with van der Waals surface area (Å²) in [6.45, 7) is 1.97. The molecule has 0 aromatic carbocycles. The van der Waals surface area contributed by atoms with Crippen LogP contribution >= 0.6 is 0 Å². The molecule has 0 saturated heterocycles. The van der Waals surface area contributed by atoms with Crippen LogP contribution in [0.3, 0.4) is 0 Å². The van der Waals surface area contributed by atoms with Gasteiger partial charge in [-0.1, -0.05) is 39.0 Å². The molecule has 3 N–H and O–H groups in total. The standard InChI is InChI=1S/C14H25NO4/c1-2-3-9-11(14(18)19)15-13(17)12(16)10-7-5-4-6-8-10/h10-12,16H,2-9H2,1H3,(H,15,17)(H,18,19). The fourth-order valence-corrected chi connectivity index (χ4v) is 2.59. The number of aliphatic hydroxyl groups excluding tert-OH is 1. The van der Waals surface area contributed by atoms with E-state index < -0.39 is 24.0 Å². The van der Waals surface area contributed by atoms with Gasteiger partial charge in [0, 0.05) is 0 Å². The maximum Gasteiger partial charge on any atom is 0.326 e. The number of carbonyl (C=O) groups excluding carboxylic acids is 1. The SMILES string of the molecule is CCCCC(NC(=O)C(O)C1CCCCC1)C(=O)O. The topological polar surface area (TPSA) is 86.6 Å². The van der Waals surface area contributed by atoms with Gasteiger partial charge in [-0.15, -0.1) is 0 Å². The van der Waals surface area contributed by atoms with Gasteiger partial charge in [-0.3, -0.25) is 4.79 Å². The lowest BCUT2D eigenvalue weighted by Crippen LogP contribution is -2.47. The van der Waals surface area contributed by atoms with E-state index in [1.807, 2.05) is 6.92 Å². The van der Waals surface area contributed by atoms with Crippen LogP contribution in [0.15, 0.2) is 0 Å². The number of hydrogen-bond acceptors (Lipinski definition) is 3. The van der Waals surface area contributed by atoms with Crippen molar-refractivity contribution in [3.8, 4) is 0 Å². The maximum absolute atomic E-state index is 11.9. The zero-order valence-electron chi connectivity index (χ0n) is 11.6. The largest absolute Gasteiger partial charge is 0.480 e. The van der Waals surface area contributed by atoms with E-state index in [2.05, 4.69) is 5.32 Å². The molecule has 1 aliphatic rings. The van der Waals surface area contributed by atoms with Gasteiger partial charge in [0.25, 0.3) is 0 Å². The summed E-state index contributed by atoms with van der Waals surface area (Å²) >= 11 is 0. The zero-order valence-corrected chi connectivity index (χ0v) is 11.6. The van der Waals surface area contributed by atoms with Crippen molar-refractivity contribution in [1.29, 1.82) is 0 Å². The van der Waals surface area contributed by atoms with E-state index in [1.165, 1.54) is 0 Å². The maximum atomic E-state index is 11.9. The van der Waals surface area contributed by atoms with Crippen LogP contribution in [0.25, 0.3) is 0 Å². The number of aliphatic hydroxyl groups is 1. The summed E-state index contributed by atoms with van der Waals surface area (Å²) in [5, 5.41) is 21.5. The number of aliphatic carboxylic acids is 1. The fourth-order valence-electron chi connectivity index (χ4n) is 2.59. The molecule has 0 aromatic rings. The number of carboxylic acid groups (broad SMARTS) is 1. The summed E-state index contributed by atoms with van der Waals surface area (Å²) in [6, 6.07) is -0.884. The molecule has 1 rings (SSSR count). The van der Waals surface area contributed by atoms with E-state index in [4.69, 9.17) is 5.11 Å². The van der Waals surface area contributed by atoms with Crippen LogP contribution in [0, 0.1) is 5.92 Å². The molecule has 2 atom stereocenters. The average molecular weight is 271 g/mol. The van der Waals surface area contributed by atoms with Crippen molar-refractivity contribution in [1.82, 2.24) is 5.32 Å². The third-order valence-corrected chi connectivity index (χ3v) is 3.83. The smallest absolute Gasteiger partial charge is 0.326 e. The Hall–Kier alpha value is -1.10. The molecule has 5 heteroatoms. The molecule has 2 unspecified atom stereocenters. The normalized spacial score (nSPS) is 19.7. The Morgan fingerprint density at radius 2 is 1.89 bits per heavy atom. The van der Waals surface area contributed by atoms with Crippen LogP contribution in [0.1, 0.15) is 58.3 Å². The molecule has 5 nitrogen and oxygen atoms in total. The summed E-state index contributed by atoms with van der Waals surface area (Å²) in [5.41, 5.74) is 0. The predicted molar refractivity (Wildman–Crippen MR) is 71.7 cm³/mol. The number of rotatable bonds is 7. The molecule has 0 aliphatic heterocycles. The summed E-state index contributed by atoms with van der Waals surface area (Å²) < 4.78 is 0. The van der Waals surface area contributed by atoms with Crippen molar-refractivity contribution in [2.75, 3.05) is 0 Å². The minimum atomic E-state index is -1.07. The number of nitrogens with one attached hydrogen (secondary N) is 1. The zero-order chi connectivity index (χ0) is 14.3. The molecule has 1 aliphatic carbocycles. The number of carbonyl (C=O) groups is 2. The highest BCUT2D eigenvalue weighted by atomic mass is 16.4. The summed E-state index contributed by atoms with van der Waals surface area (Å²) in [5.74, 6) is -1.58. The summed E-state index contributed by atoms with van der Waals surface area (Å²) in [7, 11) is 0. The lowest BCUT2D eigenvalue weighted by Gasteiger charge is -2.26. The van der Waals surface area contributed by atoms with Crippen molar-refractivity contribution >= 4 is 11.9 Å². The molecule has 110 valence electrons. The van der Waals surface area contributed by atoms with Gasteiger partial charge in [-0.25, -0.2) is 4.79 Å². The van der Waals surface area contributed by atoms with Gasteiger partial charge < -0.3 is 15.5 Å². The Bertz CT molecular complexity index is 300. The van der Waals surface area contributed by atoms with E-state index in [9.17, 15) is 14.7 Å². The van der Waals surface area contributed by atoms with Gasteiger partial charge >= 0.3 is 5.97 Å². The molecule has 1 saturated carbocycles. The number of carboxylic acids is 1. The Balaban J connectivity index is 2.47. The monoisotopic (exact) mass is 271 g/mol. The highest BCUT2D eigenvalue weighted by Gasteiger charge is 2.30. The Morgan fingerprint density at radius 1 is 1.26 bits per heavy atom. The van der Waals surface area contributed by atoms with Gasteiger partial charge in [-0.05, 0) is 25.2 Å². The molecule has 0 bridgehead atoms. The summed E-state index contributed by atoms with van der Waals surface area (Å²) in [4.78, 5) is 22.9. The van der Waals surface area contributed by atoms with Gasteiger partial charge in [0.2, 0.25) is 5.91 Å². The van der Waals surface area contributed by atoms with Gasteiger partial charge in [-0.2, -0.15) is 0 Å². The van der Waals surface area contributed by atoms with Crippen LogP contribution in [0.5, 0.6) is 0 Å². The second-order valence-electron chi connectivity index (χ2n) is 5.38. The molecule has 0 spiro atoms. The Morgan fingerprint density at radius 3 is 2.42 bits per heavy atom. The molecule has 1 fully saturated rings. The highest BCUT2D eigenvalue weighted by Crippen LogP contribution is 2.26. The fraction of sp³-hybridized carbons (Fsp3) is 0.857. The van der Waals surface area contributed by atoms with Crippen LogP contribution < -0.4 is 5.32 Å². The molecule has 0 aromatic heterocycles. The second-order valence-corrected chi connectivity index (χ2v) is 5.38. The van der Waals surface area contributed by atoms with Crippen LogP contribution in [0.2, 0.25) is 0 Å². The molecule has 0 radical (unpaired) electrons. The predicted octanol–water partition coefficient (Wildman–Crippen LogP) is 1.69. The summed E-state index contributed by atoms with van der Waals surface area (Å²) in [6.07, 6.45) is 5.89. The van der Waals surface area contributed by atoms with Crippen molar-refractivity contribution in [2.45, 2.75) is 70.4 Å². The first-order chi connectivity index (χ1) is 9.06. The Kier molecular flexibility index (Phi) is 6.84. The molecular formula is C14H25NO4. The first kappa shape index (κ1) is 16.0. The lowest BCUT2D eigenvalue weighted by atomic mass is 9.85. The first-order valence-corrected chi connectivity index (χ1v) is 7.27. The van der Waals surface area contributed by atoms with Crippen molar-refractivity contribution < 1.29 is 19.8 Å². The third-order valence-electron chi connectivity index (χ3n) is 3.83. The average Bonchev–Trinajstić information content (AvgIpc) is 2.43.